The molecule has 0 spiro atoms. The van der Waals surface area contributed by atoms with Crippen molar-refractivity contribution in [1.82, 2.24) is 15.0 Å². The van der Waals surface area contributed by atoms with Crippen molar-refractivity contribution in [2.24, 2.45) is 5.10 Å². The van der Waals surface area contributed by atoms with Gasteiger partial charge in [0.05, 0.1) is 54.1 Å². The van der Waals surface area contributed by atoms with E-state index >= 15 is 0 Å². The van der Waals surface area contributed by atoms with Gasteiger partial charge < -0.3 is 24.4 Å². The summed E-state index contributed by atoms with van der Waals surface area (Å²) in [5.74, 6) is 0.186. The minimum atomic E-state index is -0.914. The summed E-state index contributed by atoms with van der Waals surface area (Å²) in [6.45, 7) is 4.52. The maximum absolute atomic E-state index is 11.1. The van der Waals surface area contributed by atoms with Crippen molar-refractivity contribution in [2.75, 3.05) is 67.8 Å². The molecule has 34 heavy (non-hydrogen) atoms. The number of nitrogens with zero attached hydrogens (tertiary/aromatic N) is 8. The van der Waals surface area contributed by atoms with Crippen LogP contribution in [0.2, 0.25) is 0 Å². The van der Waals surface area contributed by atoms with E-state index in [-0.39, 0.29) is 11.5 Å². The number of non-ortho nitro benzene ring substituents is 1. The van der Waals surface area contributed by atoms with Crippen LogP contribution in [0.25, 0.3) is 0 Å². The van der Waals surface area contributed by atoms with E-state index in [9.17, 15) is 25.3 Å². The fraction of sp³-hybridized carbons (Fsp3) is 0.444. The minimum absolute atomic E-state index is 0.0913. The van der Waals surface area contributed by atoms with Crippen molar-refractivity contribution in [3.63, 3.8) is 0 Å². The lowest BCUT2D eigenvalue weighted by Gasteiger charge is -2.30. The second-order valence-corrected chi connectivity index (χ2v) is 7.24. The number of nitrogens with one attached hydrogen (secondary N) is 1. The Kier molecular flexibility index (Phi) is 6.88. The second kappa shape index (κ2) is 10.2. The van der Waals surface area contributed by atoms with E-state index in [0.717, 1.165) is 12.3 Å². The summed E-state index contributed by atoms with van der Waals surface area (Å²) in [6.07, 6.45) is 1.02. The van der Waals surface area contributed by atoms with Crippen LogP contribution in [0.4, 0.5) is 29.2 Å². The highest BCUT2D eigenvalue weighted by molar-refractivity contribution is 5.87. The number of rotatable bonds is 7. The average Bonchev–Trinajstić information content (AvgIpc) is 2.85. The van der Waals surface area contributed by atoms with Gasteiger partial charge in [-0.05, 0) is 0 Å². The molecule has 2 aromatic rings. The molecule has 0 atom stereocenters. The molecule has 0 saturated carbocycles. The first-order chi connectivity index (χ1) is 16.4. The summed E-state index contributed by atoms with van der Waals surface area (Å²) < 4.78 is 10.8. The highest BCUT2D eigenvalue weighted by atomic mass is 16.6. The molecule has 3 heterocycles. The third-order valence-electron chi connectivity index (χ3n) is 5.08. The van der Waals surface area contributed by atoms with Gasteiger partial charge in [-0.1, -0.05) is 0 Å². The van der Waals surface area contributed by atoms with E-state index in [0.29, 0.717) is 70.6 Å². The Hall–Kier alpha value is -4.18. The number of phenols is 1. The Bertz CT molecular complexity index is 1070. The summed E-state index contributed by atoms with van der Waals surface area (Å²) >= 11 is 0. The van der Waals surface area contributed by atoms with Crippen molar-refractivity contribution in [1.29, 1.82) is 0 Å². The third kappa shape index (κ3) is 5.24. The number of aromatic nitrogens is 3. The zero-order valence-electron chi connectivity index (χ0n) is 17.9. The van der Waals surface area contributed by atoms with Crippen LogP contribution in [0, 0.1) is 20.2 Å². The first-order valence-corrected chi connectivity index (χ1v) is 10.3. The van der Waals surface area contributed by atoms with Crippen LogP contribution in [0.5, 0.6) is 5.75 Å². The number of nitro groups is 2. The SMILES string of the molecule is O=[N+]([O-])c1cc(C=NNc2nc(N3CCOCC3)nc(N3CCOCC3)n2)c(O)c([N+](=O)[O-])c1. The number of hydrogen-bond donors (Lipinski definition) is 2. The Morgan fingerprint density at radius 1 is 0.941 bits per heavy atom. The molecule has 0 bridgehead atoms. The molecular formula is C18H21N9O7. The maximum atomic E-state index is 11.1. The summed E-state index contributed by atoms with van der Waals surface area (Å²) in [6, 6.07) is 1.65. The lowest BCUT2D eigenvalue weighted by Crippen LogP contribution is -2.40. The van der Waals surface area contributed by atoms with Crippen molar-refractivity contribution < 1.29 is 24.4 Å². The van der Waals surface area contributed by atoms with Crippen molar-refractivity contribution in [3.8, 4) is 5.75 Å². The Morgan fingerprint density at radius 2 is 1.50 bits per heavy atom. The number of aromatic hydroxyl groups is 1. The topological polar surface area (TPSA) is 195 Å². The van der Waals surface area contributed by atoms with Crippen LogP contribution in [-0.4, -0.2) is 88.7 Å². The number of anilines is 3. The van der Waals surface area contributed by atoms with E-state index < -0.39 is 27.0 Å². The second-order valence-electron chi connectivity index (χ2n) is 7.24. The highest BCUT2D eigenvalue weighted by Gasteiger charge is 2.24. The molecule has 0 radical (unpaired) electrons. The van der Waals surface area contributed by atoms with Crippen molar-refractivity contribution in [3.05, 3.63) is 37.9 Å². The van der Waals surface area contributed by atoms with Gasteiger partial charge in [0.15, 0.2) is 0 Å². The quantitative estimate of drug-likeness (QED) is 0.320. The molecule has 1 aromatic carbocycles. The molecule has 2 saturated heterocycles. The maximum Gasteiger partial charge on any atom is 0.318 e. The molecule has 0 unspecified atom stereocenters. The van der Waals surface area contributed by atoms with Gasteiger partial charge in [-0.2, -0.15) is 20.1 Å². The van der Waals surface area contributed by atoms with Crippen LogP contribution in [-0.2, 0) is 9.47 Å². The van der Waals surface area contributed by atoms with Crippen LogP contribution < -0.4 is 15.2 Å². The lowest BCUT2D eigenvalue weighted by molar-refractivity contribution is -0.394. The molecule has 0 aliphatic carbocycles. The van der Waals surface area contributed by atoms with Gasteiger partial charge in [0.2, 0.25) is 23.6 Å². The predicted octanol–water partition coefficient (Wildman–Crippen LogP) is 0.513. The van der Waals surface area contributed by atoms with E-state index in [1.807, 2.05) is 9.80 Å². The van der Waals surface area contributed by atoms with Gasteiger partial charge in [-0.3, -0.25) is 20.2 Å². The molecule has 180 valence electrons. The minimum Gasteiger partial charge on any atom is -0.502 e. The largest absolute Gasteiger partial charge is 0.502 e. The fourth-order valence-corrected chi connectivity index (χ4v) is 3.34. The summed E-state index contributed by atoms with van der Waals surface area (Å²) in [4.78, 5) is 37.7. The van der Waals surface area contributed by atoms with Crippen LogP contribution in [0.1, 0.15) is 5.56 Å². The molecule has 16 nitrogen and oxygen atoms in total. The molecule has 1 aromatic heterocycles. The van der Waals surface area contributed by atoms with Gasteiger partial charge >= 0.3 is 5.69 Å². The van der Waals surface area contributed by atoms with E-state index in [1.165, 1.54) is 0 Å². The standard InChI is InChI=1S/C18H21N9O7/c28-15-12(9-13(26(29)30)10-14(15)27(31)32)11-19-23-16-20-17(24-1-5-33-6-2-24)22-18(21-16)25-3-7-34-8-4-25/h9-11,28H,1-8H2,(H,20,21,22,23). The predicted molar refractivity (Wildman–Crippen MR) is 119 cm³/mol. The zero-order valence-corrected chi connectivity index (χ0v) is 17.9. The third-order valence-corrected chi connectivity index (χ3v) is 5.08. The molecule has 2 fully saturated rings. The highest BCUT2D eigenvalue weighted by Crippen LogP contribution is 2.33. The number of nitro benzene ring substituents is 2. The number of benzene rings is 1. The van der Waals surface area contributed by atoms with E-state index in [1.54, 1.807) is 0 Å². The first kappa shape index (κ1) is 23.0. The Morgan fingerprint density at radius 3 is 2.00 bits per heavy atom. The van der Waals surface area contributed by atoms with Gasteiger partial charge in [-0.25, -0.2) is 5.43 Å². The molecule has 0 amide bonds. The van der Waals surface area contributed by atoms with Crippen LogP contribution in [0.3, 0.4) is 0 Å². The molecule has 2 aliphatic heterocycles. The van der Waals surface area contributed by atoms with Crippen molar-refractivity contribution in [2.45, 2.75) is 0 Å². The van der Waals surface area contributed by atoms with Crippen LogP contribution in [0.15, 0.2) is 17.2 Å². The van der Waals surface area contributed by atoms with Crippen molar-refractivity contribution >= 4 is 35.4 Å². The monoisotopic (exact) mass is 475 g/mol. The van der Waals surface area contributed by atoms with Gasteiger partial charge in [0.1, 0.15) is 0 Å². The number of ether oxygens (including phenoxy) is 2. The average molecular weight is 475 g/mol. The summed E-state index contributed by atoms with van der Waals surface area (Å²) in [5, 5.41) is 36.3. The lowest BCUT2D eigenvalue weighted by atomic mass is 10.1. The molecule has 4 rings (SSSR count). The number of morpholine rings is 2. The molecular weight excluding hydrogens is 454 g/mol. The smallest absolute Gasteiger partial charge is 0.318 e. The van der Waals surface area contributed by atoms with Gasteiger partial charge in [0.25, 0.3) is 5.69 Å². The summed E-state index contributed by atoms with van der Waals surface area (Å²) in [5.41, 5.74) is 1.03. The number of hydrogen-bond acceptors (Lipinski definition) is 14. The molecule has 2 N–H and O–H groups in total. The summed E-state index contributed by atoms with van der Waals surface area (Å²) in [7, 11) is 0. The Labute approximate surface area is 192 Å². The van der Waals surface area contributed by atoms with Crippen LogP contribution >= 0.6 is 0 Å². The number of phenolic OH excluding ortho intramolecular Hbond substituents is 1. The van der Waals surface area contributed by atoms with E-state index in [4.69, 9.17) is 9.47 Å². The van der Waals surface area contributed by atoms with Gasteiger partial charge in [0, 0.05) is 32.2 Å². The molecule has 2 aliphatic rings. The normalized spacial score (nSPS) is 16.6. The fourth-order valence-electron chi connectivity index (χ4n) is 3.34. The zero-order chi connectivity index (χ0) is 24.1. The first-order valence-electron chi connectivity index (χ1n) is 10.3. The number of hydrazone groups is 1. The molecule has 16 heteroatoms. The Balaban J connectivity index is 1.61. The van der Waals surface area contributed by atoms with E-state index in [2.05, 4.69) is 25.5 Å². The van der Waals surface area contributed by atoms with Gasteiger partial charge in [-0.15, -0.1) is 0 Å².